The molecule has 0 saturated carbocycles. The molecule has 4 rings (SSSR count). The Morgan fingerprint density at radius 3 is 2.65 bits per heavy atom. The lowest BCUT2D eigenvalue weighted by molar-refractivity contribution is -0.122. The predicted molar refractivity (Wildman–Crippen MR) is 117 cm³/mol. The molecule has 1 aliphatic heterocycles. The Hall–Kier alpha value is -3.59. The van der Waals surface area contributed by atoms with E-state index in [0.717, 1.165) is 17.0 Å². The van der Waals surface area contributed by atoms with E-state index >= 15 is 0 Å². The molecule has 0 aliphatic carbocycles. The van der Waals surface area contributed by atoms with Gasteiger partial charge in [0.25, 0.3) is 11.8 Å². The molecule has 8 nitrogen and oxygen atoms in total. The molecule has 31 heavy (non-hydrogen) atoms. The number of carbonyl (C=O) groups excluding carboxylic acids is 2. The van der Waals surface area contributed by atoms with Gasteiger partial charge in [-0.2, -0.15) is 0 Å². The molecule has 2 aromatic carbocycles. The number of thiazole rings is 1. The maximum Gasteiger partial charge on any atom is 0.257 e. The summed E-state index contributed by atoms with van der Waals surface area (Å²) in [5, 5.41) is 7.83. The molecule has 2 amide bonds. The van der Waals surface area contributed by atoms with Gasteiger partial charge >= 0.3 is 0 Å². The van der Waals surface area contributed by atoms with E-state index in [0.29, 0.717) is 42.0 Å². The van der Waals surface area contributed by atoms with Gasteiger partial charge in [-0.1, -0.05) is 0 Å². The first kappa shape index (κ1) is 20.7. The van der Waals surface area contributed by atoms with Gasteiger partial charge in [-0.15, -0.1) is 11.3 Å². The van der Waals surface area contributed by atoms with Gasteiger partial charge in [0.05, 0.1) is 5.69 Å². The smallest absolute Gasteiger partial charge is 0.257 e. The van der Waals surface area contributed by atoms with Crippen LogP contribution in [0.4, 0.5) is 5.13 Å². The largest absolute Gasteiger partial charge is 0.486 e. The number of nitrogens with one attached hydrogen (secondary N) is 2. The molecule has 0 unspecified atom stereocenters. The first-order valence-electron chi connectivity index (χ1n) is 9.79. The fourth-order valence-electron chi connectivity index (χ4n) is 2.94. The Labute approximate surface area is 183 Å². The lowest BCUT2D eigenvalue weighted by atomic mass is 10.1. The summed E-state index contributed by atoms with van der Waals surface area (Å²) in [5.74, 6) is 1.45. The normalized spacial score (nSPS) is 12.2. The lowest BCUT2D eigenvalue weighted by Crippen LogP contribution is -2.28. The highest BCUT2D eigenvalue weighted by molar-refractivity contribution is 7.14. The SMILES string of the molecule is CCNC(=O)COc1ccc(C(=O)Nc2nc(-c3ccc4c(c3)OCCO4)cs2)cc1. The van der Waals surface area contributed by atoms with Crippen molar-refractivity contribution in [2.75, 3.05) is 31.7 Å². The lowest BCUT2D eigenvalue weighted by Gasteiger charge is -2.18. The van der Waals surface area contributed by atoms with Crippen LogP contribution in [0.15, 0.2) is 47.8 Å². The Balaban J connectivity index is 1.37. The van der Waals surface area contributed by atoms with Crippen LogP contribution in [-0.4, -0.2) is 43.2 Å². The standard InChI is InChI=1S/C22H21N3O5S/c1-2-23-20(26)12-30-16-6-3-14(4-7-16)21(27)25-22-24-17(13-31-22)15-5-8-18-19(11-15)29-10-9-28-18/h3-8,11,13H,2,9-10,12H2,1H3,(H,23,26)(H,24,25,27). The number of benzene rings is 2. The van der Waals surface area contributed by atoms with Crippen LogP contribution in [0.5, 0.6) is 17.2 Å². The number of carbonyl (C=O) groups is 2. The van der Waals surface area contributed by atoms with Crippen LogP contribution in [-0.2, 0) is 4.79 Å². The average molecular weight is 439 g/mol. The summed E-state index contributed by atoms with van der Waals surface area (Å²) in [6.07, 6.45) is 0. The number of rotatable bonds is 7. The highest BCUT2D eigenvalue weighted by Crippen LogP contribution is 2.35. The summed E-state index contributed by atoms with van der Waals surface area (Å²) in [7, 11) is 0. The molecule has 0 atom stereocenters. The molecule has 3 aromatic rings. The molecular formula is C22H21N3O5S. The van der Waals surface area contributed by atoms with Crippen molar-refractivity contribution in [2.24, 2.45) is 0 Å². The van der Waals surface area contributed by atoms with E-state index in [9.17, 15) is 9.59 Å². The first-order chi connectivity index (χ1) is 15.1. The van der Waals surface area contributed by atoms with E-state index in [-0.39, 0.29) is 18.4 Å². The van der Waals surface area contributed by atoms with Crippen molar-refractivity contribution in [3.63, 3.8) is 0 Å². The van der Waals surface area contributed by atoms with Crippen LogP contribution in [0, 0.1) is 0 Å². The molecule has 0 bridgehead atoms. The zero-order valence-corrected chi connectivity index (χ0v) is 17.7. The van der Waals surface area contributed by atoms with Crippen molar-refractivity contribution in [2.45, 2.75) is 6.92 Å². The van der Waals surface area contributed by atoms with Gasteiger partial charge < -0.3 is 19.5 Å². The summed E-state index contributed by atoms with van der Waals surface area (Å²) in [6, 6.07) is 12.2. The Morgan fingerprint density at radius 1 is 1.10 bits per heavy atom. The molecule has 0 radical (unpaired) electrons. The molecule has 2 heterocycles. The average Bonchev–Trinajstić information content (AvgIpc) is 3.26. The predicted octanol–water partition coefficient (Wildman–Crippen LogP) is 3.35. The van der Waals surface area contributed by atoms with E-state index in [1.165, 1.54) is 11.3 Å². The van der Waals surface area contributed by atoms with Crippen LogP contribution in [0.2, 0.25) is 0 Å². The van der Waals surface area contributed by atoms with Gasteiger partial charge in [0, 0.05) is 23.1 Å². The molecule has 0 fully saturated rings. The minimum Gasteiger partial charge on any atom is -0.486 e. The summed E-state index contributed by atoms with van der Waals surface area (Å²) < 4.78 is 16.5. The van der Waals surface area contributed by atoms with Crippen LogP contribution in [0.3, 0.4) is 0 Å². The number of amides is 2. The van der Waals surface area contributed by atoms with Gasteiger partial charge in [0.2, 0.25) is 0 Å². The molecule has 9 heteroatoms. The number of fused-ring (bicyclic) bond motifs is 1. The maximum atomic E-state index is 12.5. The van der Waals surface area contributed by atoms with Gasteiger partial charge in [-0.05, 0) is 49.4 Å². The quantitative estimate of drug-likeness (QED) is 0.586. The molecule has 1 aliphatic rings. The highest BCUT2D eigenvalue weighted by atomic mass is 32.1. The summed E-state index contributed by atoms with van der Waals surface area (Å²) in [6.45, 7) is 3.38. The summed E-state index contributed by atoms with van der Waals surface area (Å²) in [4.78, 5) is 28.5. The van der Waals surface area contributed by atoms with Crippen LogP contribution in [0.1, 0.15) is 17.3 Å². The second kappa shape index (κ2) is 9.48. The zero-order chi connectivity index (χ0) is 21.6. The number of nitrogens with zero attached hydrogens (tertiary/aromatic N) is 1. The number of hydrogen-bond donors (Lipinski definition) is 2. The Bertz CT molecular complexity index is 1080. The monoisotopic (exact) mass is 439 g/mol. The van der Waals surface area contributed by atoms with Crippen molar-refractivity contribution in [1.82, 2.24) is 10.3 Å². The third kappa shape index (κ3) is 5.13. The highest BCUT2D eigenvalue weighted by Gasteiger charge is 2.15. The van der Waals surface area contributed by atoms with E-state index in [4.69, 9.17) is 14.2 Å². The van der Waals surface area contributed by atoms with E-state index < -0.39 is 0 Å². The van der Waals surface area contributed by atoms with Crippen molar-refractivity contribution in [3.05, 3.63) is 53.4 Å². The third-order valence-corrected chi connectivity index (χ3v) is 5.18. The third-order valence-electron chi connectivity index (χ3n) is 4.42. The van der Waals surface area contributed by atoms with Gasteiger partial charge in [0.1, 0.15) is 19.0 Å². The zero-order valence-electron chi connectivity index (χ0n) is 16.8. The molecule has 1 aromatic heterocycles. The summed E-state index contributed by atoms with van der Waals surface area (Å²) in [5.41, 5.74) is 2.09. The van der Waals surface area contributed by atoms with Crippen LogP contribution >= 0.6 is 11.3 Å². The number of ether oxygens (including phenoxy) is 3. The molecule has 2 N–H and O–H groups in total. The van der Waals surface area contributed by atoms with E-state index in [2.05, 4.69) is 15.6 Å². The summed E-state index contributed by atoms with van der Waals surface area (Å²) >= 11 is 1.34. The Morgan fingerprint density at radius 2 is 1.87 bits per heavy atom. The molecule has 0 spiro atoms. The van der Waals surface area contributed by atoms with Crippen LogP contribution in [0.25, 0.3) is 11.3 Å². The number of hydrogen-bond acceptors (Lipinski definition) is 7. The Kier molecular flexibility index (Phi) is 6.32. The van der Waals surface area contributed by atoms with E-state index in [1.807, 2.05) is 30.5 Å². The van der Waals surface area contributed by atoms with Crippen molar-refractivity contribution >= 4 is 28.3 Å². The van der Waals surface area contributed by atoms with Crippen molar-refractivity contribution < 1.29 is 23.8 Å². The molecule has 160 valence electrons. The minimum atomic E-state index is -0.279. The number of anilines is 1. The first-order valence-corrected chi connectivity index (χ1v) is 10.7. The number of aromatic nitrogens is 1. The van der Waals surface area contributed by atoms with Crippen molar-refractivity contribution in [3.8, 4) is 28.5 Å². The maximum absolute atomic E-state index is 12.5. The second-order valence-corrected chi connectivity index (χ2v) is 7.48. The van der Waals surface area contributed by atoms with Gasteiger partial charge in [0.15, 0.2) is 23.2 Å². The fraction of sp³-hybridized carbons (Fsp3) is 0.227. The van der Waals surface area contributed by atoms with Gasteiger partial charge in [-0.25, -0.2) is 4.98 Å². The molecular weight excluding hydrogens is 418 g/mol. The van der Waals surface area contributed by atoms with Crippen LogP contribution < -0.4 is 24.8 Å². The van der Waals surface area contributed by atoms with Crippen molar-refractivity contribution in [1.29, 1.82) is 0 Å². The second-order valence-electron chi connectivity index (χ2n) is 6.62. The number of likely N-dealkylation sites (N-methyl/N-ethyl adjacent to an activating group) is 1. The fourth-order valence-corrected chi connectivity index (χ4v) is 3.65. The minimum absolute atomic E-state index is 0.0683. The van der Waals surface area contributed by atoms with Gasteiger partial charge in [-0.3, -0.25) is 14.9 Å². The van der Waals surface area contributed by atoms with E-state index in [1.54, 1.807) is 24.3 Å². The molecule has 0 saturated heterocycles. The topological polar surface area (TPSA) is 98.8 Å².